The molecule has 1 fully saturated rings. The van der Waals surface area contributed by atoms with Crippen molar-refractivity contribution in [2.24, 2.45) is 0 Å². The Labute approximate surface area is 166 Å². The van der Waals surface area contributed by atoms with Crippen LogP contribution >= 0.6 is 11.8 Å². The number of para-hydroxylation sites is 1. The molecule has 28 heavy (non-hydrogen) atoms. The van der Waals surface area contributed by atoms with E-state index >= 15 is 0 Å². The first-order valence-corrected chi connectivity index (χ1v) is 9.64. The van der Waals surface area contributed by atoms with E-state index in [-0.39, 0.29) is 24.2 Å². The molecule has 1 aliphatic rings. The highest BCUT2D eigenvalue weighted by Crippen LogP contribution is 2.35. The first-order chi connectivity index (χ1) is 13.6. The van der Waals surface area contributed by atoms with Crippen molar-refractivity contribution in [3.05, 3.63) is 76.3 Å². The van der Waals surface area contributed by atoms with Gasteiger partial charge in [0.1, 0.15) is 6.54 Å². The van der Waals surface area contributed by atoms with Gasteiger partial charge in [-0.05, 0) is 36.4 Å². The van der Waals surface area contributed by atoms with Crippen molar-refractivity contribution < 1.29 is 9.59 Å². The number of imide groups is 1. The van der Waals surface area contributed by atoms with Gasteiger partial charge >= 0.3 is 0 Å². The number of benzene rings is 2. The zero-order valence-corrected chi connectivity index (χ0v) is 16.1. The minimum absolute atomic E-state index is 0.225. The van der Waals surface area contributed by atoms with E-state index in [0.717, 1.165) is 39.4 Å². The van der Waals surface area contributed by atoms with Crippen molar-refractivity contribution in [3.63, 3.8) is 0 Å². The molecule has 0 atom stereocenters. The zero-order chi connectivity index (χ0) is 19.7. The van der Waals surface area contributed by atoms with Crippen LogP contribution in [0.1, 0.15) is 16.7 Å². The van der Waals surface area contributed by atoms with Gasteiger partial charge in [-0.25, -0.2) is 0 Å². The van der Waals surface area contributed by atoms with E-state index in [2.05, 4.69) is 6.07 Å². The van der Waals surface area contributed by atoms with E-state index in [0.29, 0.717) is 4.91 Å². The Morgan fingerprint density at radius 2 is 1.96 bits per heavy atom. The molecule has 0 bridgehead atoms. The van der Waals surface area contributed by atoms with Crippen molar-refractivity contribution in [2.45, 2.75) is 20.0 Å². The molecule has 0 unspecified atom stereocenters. The minimum Gasteiger partial charge on any atom is -0.333 e. The van der Waals surface area contributed by atoms with Gasteiger partial charge in [-0.15, -0.1) is 0 Å². The van der Waals surface area contributed by atoms with Gasteiger partial charge in [-0.2, -0.15) is 5.26 Å². The van der Waals surface area contributed by atoms with Gasteiger partial charge in [0, 0.05) is 22.7 Å². The van der Waals surface area contributed by atoms with Gasteiger partial charge in [0.2, 0.25) is 0 Å². The summed E-state index contributed by atoms with van der Waals surface area (Å²) < 4.78 is 1.85. The van der Waals surface area contributed by atoms with Crippen LogP contribution in [-0.4, -0.2) is 20.6 Å². The normalized spacial score (nSPS) is 15.6. The standard InChI is InChI=1S/C22H17N3O2S/c1-15-5-4-6-16(11-15)13-25-21(26)20(28-22(25)27)12-17-14-24(10-9-23)19-8-3-2-7-18(17)19/h2-8,11-12,14H,10,13H2,1H3. The fourth-order valence-electron chi connectivity index (χ4n) is 3.37. The molecule has 2 heterocycles. The van der Waals surface area contributed by atoms with Crippen LogP contribution in [0, 0.1) is 18.3 Å². The summed E-state index contributed by atoms with van der Waals surface area (Å²) in [5.41, 5.74) is 3.76. The van der Waals surface area contributed by atoms with E-state index < -0.39 is 0 Å². The maximum Gasteiger partial charge on any atom is 0.293 e. The second-order valence-corrected chi connectivity index (χ2v) is 7.64. The van der Waals surface area contributed by atoms with Gasteiger partial charge in [0.15, 0.2) is 0 Å². The molecule has 0 saturated carbocycles. The van der Waals surface area contributed by atoms with E-state index in [1.54, 1.807) is 6.08 Å². The third kappa shape index (κ3) is 3.32. The summed E-state index contributed by atoms with van der Waals surface area (Å²) in [6, 6.07) is 17.7. The second-order valence-electron chi connectivity index (χ2n) is 6.64. The fraction of sp³-hybridized carbons (Fsp3) is 0.136. The summed E-state index contributed by atoms with van der Waals surface area (Å²) in [5.74, 6) is -0.284. The van der Waals surface area contributed by atoms with Crippen molar-refractivity contribution in [1.29, 1.82) is 5.26 Å². The Hall–Kier alpha value is -3.30. The lowest BCUT2D eigenvalue weighted by Crippen LogP contribution is -2.27. The lowest BCUT2D eigenvalue weighted by molar-refractivity contribution is -0.123. The first kappa shape index (κ1) is 18.1. The molecule has 5 nitrogen and oxygen atoms in total. The Balaban J connectivity index is 1.66. The van der Waals surface area contributed by atoms with Crippen molar-refractivity contribution in [2.75, 3.05) is 0 Å². The zero-order valence-electron chi connectivity index (χ0n) is 15.3. The average molecular weight is 387 g/mol. The molecule has 138 valence electrons. The lowest BCUT2D eigenvalue weighted by atomic mass is 10.1. The molecule has 0 spiro atoms. The van der Waals surface area contributed by atoms with Crippen LogP contribution in [0.4, 0.5) is 4.79 Å². The molecule has 6 heteroatoms. The largest absolute Gasteiger partial charge is 0.333 e. The maximum absolute atomic E-state index is 12.8. The third-order valence-corrected chi connectivity index (χ3v) is 5.55. The SMILES string of the molecule is Cc1cccc(CN2C(=O)SC(=Cc3cn(CC#N)c4ccccc34)C2=O)c1. The summed E-state index contributed by atoms with van der Waals surface area (Å²) in [4.78, 5) is 26.9. The van der Waals surface area contributed by atoms with Gasteiger partial charge in [-0.3, -0.25) is 14.5 Å². The highest BCUT2D eigenvalue weighted by molar-refractivity contribution is 8.18. The number of hydrogen-bond donors (Lipinski definition) is 0. The number of hydrogen-bond acceptors (Lipinski definition) is 4. The number of rotatable bonds is 4. The number of carbonyl (C=O) groups is 2. The number of aromatic nitrogens is 1. The smallest absolute Gasteiger partial charge is 0.293 e. The molecule has 2 aromatic carbocycles. The number of nitriles is 1. The fourth-order valence-corrected chi connectivity index (χ4v) is 4.20. The van der Waals surface area contributed by atoms with Crippen molar-refractivity contribution >= 4 is 39.9 Å². The molecular formula is C22H17N3O2S. The summed E-state index contributed by atoms with van der Waals surface area (Å²) in [6.07, 6.45) is 3.60. The maximum atomic E-state index is 12.8. The van der Waals surface area contributed by atoms with Gasteiger partial charge in [0.25, 0.3) is 11.1 Å². The van der Waals surface area contributed by atoms with E-state index in [9.17, 15) is 9.59 Å². The summed E-state index contributed by atoms with van der Waals surface area (Å²) in [7, 11) is 0. The summed E-state index contributed by atoms with van der Waals surface area (Å²) in [6.45, 7) is 2.47. The Morgan fingerprint density at radius 1 is 1.14 bits per heavy atom. The molecule has 0 N–H and O–H groups in total. The quantitative estimate of drug-likeness (QED) is 0.608. The number of fused-ring (bicyclic) bond motifs is 1. The van der Waals surface area contributed by atoms with Gasteiger partial charge in [0.05, 0.1) is 17.5 Å². The van der Waals surface area contributed by atoms with E-state index in [4.69, 9.17) is 5.26 Å². The van der Waals surface area contributed by atoms with E-state index in [1.165, 1.54) is 4.90 Å². The van der Waals surface area contributed by atoms with Crippen LogP contribution < -0.4 is 0 Å². The molecule has 1 saturated heterocycles. The number of aryl methyl sites for hydroxylation is 1. The molecular weight excluding hydrogens is 370 g/mol. The Bertz CT molecular complexity index is 1170. The van der Waals surface area contributed by atoms with Crippen LogP contribution in [0.2, 0.25) is 0 Å². The van der Waals surface area contributed by atoms with Crippen LogP contribution in [0.25, 0.3) is 17.0 Å². The third-order valence-electron chi connectivity index (χ3n) is 4.64. The van der Waals surface area contributed by atoms with Crippen LogP contribution in [0.15, 0.2) is 59.6 Å². The minimum atomic E-state index is -0.284. The van der Waals surface area contributed by atoms with E-state index in [1.807, 2.05) is 66.2 Å². The van der Waals surface area contributed by atoms with Crippen LogP contribution in [-0.2, 0) is 17.9 Å². The highest BCUT2D eigenvalue weighted by Gasteiger charge is 2.35. The van der Waals surface area contributed by atoms with Crippen molar-refractivity contribution in [1.82, 2.24) is 9.47 Å². The number of amides is 2. The molecule has 1 aromatic heterocycles. The second kappa shape index (κ2) is 7.37. The van der Waals surface area contributed by atoms with Gasteiger partial charge in [-0.1, -0.05) is 48.0 Å². The highest BCUT2D eigenvalue weighted by atomic mass is 32.2. The predicted molar refractivity (Wildman–Crippen MR) is 110 cm³/mol. The number of nitrogens with zero attached hydrogens (tertiary/aromatic N) is 3. The predicted octanol–water partition coefficient (Wildman–Crippen LogP) is 4.71. The Kier molecular flexibility index (Phi) is 4.76. The Morgan fingerprint density at radius 3 is 2.75 bits per heavy atom. The molecule has 0 aliphatic carbocycles. The van der Waals surface area contributed by atoms with Gasteiger partial charge < -0.3 is 4.57 Å². The number of carbonyl (C=O) groups excluding carboxylic acids is 2. The lowest BCUT2D eigenvalue weighted by Gasteiger charge is -2.12. The van der Waals surface area contributed by atoms with Crippen LogP contribution in [0.5, 0.6) is 0 Å². The first-order valence-electron chi connectivity index (χ1n) is 8.82. The summed E-state index contributed by atoms with van der Waals surface area (Å²) in [5, 5.41) is 9.73. The van der Waals surface area contributed by atoms with Crippen molar-refractivity contribution in [3.8, 4) is 6.07 Å². The molecule has 4 rings (SSSR count). The summed E-state index contributed by atoms with van der Waals surface area (Å²) >= 11 is 0.956. The molecule has 2 amide bonds. The molecule has 1 aliphatic heterocycles. The molecule has 3 aromatic rings. The number of thioether (sulfide) groups is 1. The topological polar surface area (TPSA) is 66.1 Å². The molecule has 0 radical (unpaired) electrons. The monoisotopic (exact) mass is 387 g/mol. The van der Waals surface area contributed by atoms with Crippen LogP contribution in [0.3, 0.4) is 0 Å². The average Bonchev–Trinajstić information content (AvgIpc) is 3.15.